The van der Waals surface area contributed by atoms with Crippen LogP contribution in [0.2, 0.25) is 39.3 Å². The highest BCUT2D eigenvalue weighted by Gasteiger charge is 2.02. The van der Waals surface area contributed by atoms with Gasteiger partial charge in [0.1, 0.15) is 0 Å². The standard InChI is InChI=1S/C9H18O3Si.C8H14O2.C4H14O2Si2/c1-8(2)9(10)11-6-5-7-12-13(3)4;1-4-5-6-10-8(9)7(2)3;1-7(2)5-6-8(3)4/h13H,1,5-7H2,2-4H3;2,4-6H2,1,3H3;7-8H,1-4H3. The summed E-state index contributed by atoms with van der Waals surface area (Å²) in [6, 6.07) is 0. The van der Waals surface area contributed by atoms with Crippen molar-refractivity contribution in [2.75, 3.05) is 19.8 Å². The van der Waals surface area contributed by atoms with Crippen molar-refractivity contribution in [3.8, 4) is 0 Å². The largest absolute Gasteiger partial charge is 0.462 e. The minimum absolute atomic E-state index is 0.284. The van der Waals surface area contributed by atoms with E-state index in [1.54, 1.807) is 13.8 Å². The van der Waals surface area contributed by atoms with Gasteiger partial charge in [0.25, 0.3) is 0 Å². The van der Waals surface area contributed by atoms with Gasteiger partial charge in [0, 0.05) is 24.2 Å². The highest BCUT2D eigenvalue weighted by molar-refractivity contribution is 6.51. The van der Waals surface area contributed by atoms with Crippen LogP contribution in [-0.4, -0.2) is 58.9 Å². The minimum atomic E-state index is -0.916. The topological polar surface area (TPSA) is 80.3 Å². The van der Waals surface area contributed by atoms with Gasteiger partial charge in [-0.3, -0.25) is 0 Å². The van der Waals surface area contributed by atoms with Crippen molar-refractivity contribution in [1.29, 1.82) is 0 Å². The molecule has 0 aromatic carbocycles. The number of unbranched alkanes of at least 4 members (excludes halogenated alkanes) is 1. The summed E-state index contributed by atoms with van der Waals surface area (Å²) in [6.45, 7) is 26.5. The molecular formula is C21H46O7Si3. The van der Waals surface area contributed by atoms with Gasteiger partial charge in [-0.2, -0.15) is 0 Å². The van der Waals surface area contributed by atoms with Gasteiger partial charge in [0.15, 0.2) is 9.04 Å². The molecule has 0 atom stereocenters. The van der Waals surface area contributed by atoms with Gasteiger partial charge < -0.3 is 23.1 Å². The zero-order valence-corrected chi connectivity index (χ0v) is 24.7. The first-order valence-corrected chi connectivity index (χ1v) is 19.3. The van der Waals surface area contributed by atoms with Crippen LogP contribution in [0.15, 0.2) is 24.3 Å². The third kappa shape index (κ3) is 33.8. The van der Waals surface area contributed by atoms with Gasteiger partial charge in [0.05, 0.1) is 13.2 Å². The summed E-state index contributed by atoms with van der Waals surface area (Å²) < 4.78 is 25.1. The number of carbonyl (C=O) groups excluding carboxylic acids is 2. The van der Waals surface area contributed by atoms with Crippen molar-refractivity contribution >= 4 is 39.1 Å². The Bertz CT molecular complexity index is 487. The maximum absolute atomic E-state index is 10.9. The predicted molar refractivity (Wildman–Crippen MR) is 136 cm³/mol. The molecule has 0 bridgehead atoms. The Morgan fingerprint density at radius 1 is 0.677 bits per heavy atom. The Morgan fingerprint density at radius 2 is 1.06 bits per heavy atom. The molecule has 0 rings (SSSR count). The Kier molecular flexibility index (Phi) is 26.3. The molecule has 10 heteroatoms. The highest BCUT2D eigenvalue weighted by Crippen LogP contribution is 1.95. The van der Waals surface area contributed by atoms with Crippen molar-refractivity contribution < 1.29 is 32.6 Å². The van der Waals surface area contributed by atoms with Crippen LogP contribution in [-0.2, 0) is 32.6 Å². The Hall–Kier alpha value is -1.05. The molecule has 7 nitrogen and oxygen atoms in total. The van der Waals surface area contributed by atoms with E-state index in [4.69, 9.17) is 23.1 Å². The molecule has 184 valence electrons. The second-order valence-electron chi connectivity index (χ2n) is 7.75. The summed E-state index contributed by atoms with van der Waals surface area (Å²) in [5.74, 6) is -0.602. The Labute approximate surface area is 195 Å². The molecule has 0 fully saturated rings. The Balaban J connectivity index is -0.000000392. The van der Waals surface area contributed by atoms with E-state index in [0.29, 0.717) is 31.0 Å². The summed E-state index contributed by atoms with van der Waals surface area (Å²) >= 11 is 0. The van der Waals surface area contributed by atoms with E-state index in [-0.39, 0.29) is 11.9 Å². The fourth-order valence-corrected chi connectivity index (χ4v) is 3.74. The molecule has 0 aromatic heterocycles. The Morgan fingerprint density at radius 3 is 1.35 bits per heavy atom. The van der Waals surface area contributed by atoms with Gasteiger partial charge in [-0.05, 0) is 59.6 Å². The first-order chi connectivity index (χ1) is 14.3. The predicted octanol–water partition coefficient (Wildman–Crippen LogP) is 4.30. The number of carbonyl (C=O) groups is 2. The third-order valence-electron chi connectivity index (χ3n) is 2.84. The number of esters is 2. The molecule has 0 aromatic rings. The molecule has 0 amide bonds. The number of hydrogen-bond donors (Lipinski definition) is 0. The summed E-state index contributed by atoms with van der Waals surface area (Å²) in [7, 11) is -2.74. The molecule has 0 heterocycles. The fraction of sp³-hybridized carbons (Fsp3) is 0.714. The summed E-state index contributed by atoms with van der Waals surface area (Å²) in [4.78, 5) is 21.6. The molecule has 0 unspecified atom stereocenters. The lowest BCUT2D eigenvalue weighted by Crippen LogP contribution is -2.15. The van der Waals surface area contributed by atoms with E-state index >= 15 is 0 Å². The average Bonchev–Trinajstić information content (AvgIpc) is 2.66. The van der Waals surface area contributed by atoms with Crippen LogP contribution in [0, 0.1) is 0 Å². The van der Waals surface area contributed by atoms with E-state index in [0.717, 1.165) is 19.3 Å². The molecule has 0 saturated carbocycles. The molecule has 0 saturated heterocycles. The smallest absolute Gasteiger partial charge is 0.333 e. The monoisotopic (exact) mass is 494 g/mol. The maximum atomic E-state index is 10.9. The number of rotatable bonds is 13. The van der Waals surface area contributed by atoms with E-state index in [1.165, 1.54) is 0 Å². The first kappa shape index (κ1) is 34.6. The van der Waals surface area contributed by atoms with E-state index in [9.17, 15) is 9.59 Å². The van der Waals surface area contributed by atoms with Gasteiger partial charge in [-0.1, -0.05) is 26.5 Å². The quantitative estimate of drug-likeness (QED) is 0.0942. The van der Waals surface area contributed by atoms with Crippen molar-refractivity contribution in [2.45, 2.75) is 79.3 Å². The second kappa shape index (κ2) is 23.6. The summed E-state index contributed by atoms with van der Waals surface area (Å²) in [5, 5.41) is 0. The van der Waals surface area contributed by atoms with Crippen LogP contribution in [0.1, 0.15) is 40.0 Å². The van der Waals surface area contributed by atoms with Crippen LogP contribution in [0.25, 0.3) is 0 Å². The molecular weight excluding hydrogens is 448 g/mol. The molecule has 0 aliphatic carbocycles. The molecule has 0 aliphatic rings. The van der Waals surface area contributed by atoms with Crippen LogP contribution in [0.3, 0.4) is 0 Å². The lowest BCUT2D eigenvalue weighted by Gasteiger charge is -2.07. The van der Waals surface area contributed by atoms with Crippen molar-refractivity contribution in [2.24, 2.45) is 0 Å². The molecule has 0 spiro atoms. The van der Waals surface area contributed by atoms with Gasteiger partial charge in [0.2, 0.25) is 18.1 Å². The second-order valence-corrected chi connectivity index (χ2v) is 14.8. The van der Waals surface area contributed by atoms with Crippen molar-refractivity contribution in [1.82, 2.24) is 0 Å². The first-order valence-electron chi connectivity index (χ1n) is 10.9. The summed E-state index contributed by atoms with van der Waals surface area (Å²) in [5.41, 5.74) is 0.912. The highest BCUT2D eigenvalue weighted by atomic mass is 28.3. The zero-order chi connectivity index (χ0) is 24.8. The van der Waals surface area contributed by atoms with Gasteiger partial charge >= 0.3 is 11.9 Å². The molecule has 0 N–H and O–H groups in total. The van der Waals surface area contributed by atoms with Crippen LogP contribution in [0.5, 0.6) is 0 Å². The zero-order valence-electron chi connectivity index (χ0n) is 21.2. The van der Waals surface area contributed by atoms with Crippen LogP contribution >= 0.6 is 0 Å². The number of ether oxygens (including phenoxy) is 2. The van der Waals surface area contributed by atoms with E-state index < -0.39 is 27.1 Å². The van der Waals surface area contributed by atoms with E-state index in [1.807, 2.05) is 0 Å². The van der Waals surface area contributed by atoms with E-state index in [2.05, 4.69) is 59.4 Å². The van der Waals surface area contributed by atoms with Gasteiger partial charge in [-0.15, -0.1) is 0 Å². The average molecular weight is 495 g/mol. The van der Waals surface area contributed by atoms with Crippen LogP contribution < -0.4 is 0 Å². The molecule has 0 aliphatic heterocycles. The lowest BCUT2D eigenvalue weighted by molar-refractivity contribution is -0.140. The van der Waals surface area contributed by atoms with Crippen molar-refractivity contribution in [3.05, 3.63) is 24.3 Å². The summed E-state index contributed by atoms with van der Waals surface area (Å²) in [6.07, 6.45) is 2.74. The number of hydrogen-bond acceptors (Lipinski definition) is 7. The van der Waals surface area contributed by atoms with Crippen molar-refractivity contribution in [3.63, 3.8) is 0 Å². The SMILES string of the molecule is C=C(C)C(=O)OCCCC.C=C(C)C(=O)OCCCO[SiH](C)C.C[SiH](C)OO[SiH](C)C. The van der Waals surface area contributed by atoms with Crippen LogP contribution in [0.4, 0.5) is 0 Å². The fourth-order valence-electron chi connectivity index (χ4n) is 1.32. The molecule has 0 radical (unpaired) electrons. The normalized spacial score (nSPS) is 10.1. The van der Waals surface area contributed by atoms with Gasteiger partial charge in [-0.25, -0.2) is 9.59 Å². The molecule has 31 heavy (non-hydrogen) atoms. The maximum Gasteiger partial charge on any atom is 0.333 e. The third-order valence-corrected chi connectivity index (χ3v) is 4.96. The lowest BCUT2D eigenvalue weighted by atomic mass is 10.3. The minimum Gasteiger partial charge on any atom is -0.462 e.